The minimum absolute atomic E-state index is 0.270. The van der Waals surface area contributed by atoms with E-state index in [9.17, 15) is 4.39 Å². The molecule has 0 N–H and O–H groups in total. The van der Waals surface area contributed by atoms with Crippen molar-refractivity contribution in [2.24, 2.45) is 0 Å². The summed E-state index contributed by atoms with van der Waals surface area (Å²) in [6, 6.07) is 3.15. The highest BCUT2D eigenvalue weighted by atomic mass is 79.9. The molecule has 0 amide bonds. The van der Waals surface area contributed by atoms with Gasteiger partial charge in [0.05, 0.1) is 5.69 Å². The maximum absolute atomic E-state index is 13.5. The molecule has 0 saturated heterocycles. The lowest BCUT2D eigenvalue weighted by Crippen LogP contribution is -1.95. The standard InChI is InChI=1S/C13H16BrFN2/c1-2-3-4-5-8-11-12(14)16-13-10(15)7-6-9-17(11)13/h6-7,9H,2-5,8H2,1H3. The minimum Gasteiger partial charge on any atom is -0.300 e. The molecule has 0 saturated carbocycles. The average molecular weight is 299 g/mol. The SMILES string of the molecule is CCCCCCc1c(Br)nc2c(F)cccn12. The van der Waals surface area contributed by atoms with Crippen molar-refractivity contribution in [3.63, 3.8) is 0 Å². The molecule has 0 spiro atoms. The predicted octanol–water partition coefficient (Wildman–Crippen LogP) is 4.36. The van der Waals surface area contributed by atoms with Crippen molar-refractivity contribution in [3.8, 4) is 0 Å². The zero-order valence-electron chi connectivity index (χ0n) is 9.92. The smallest absolute Gasteiger partial charge is 0.174 e. The molecule has 0 fully saturated rings. The van der Waals surface area contributed by atoms with E-state index < -0.39 is 0 Å². The molecule has 0 aromatic carbocycles. The number of rotatable bonds is 5. The monoisotopic (exact) mass is 298 g/mol. The number of unbranched alkanes of at least 4 members (excludes halogenated alkanes) is 3. The Morgan fingerprint density at radius 1 is 1.35 bits per heavy atom. The van der Waals surface area contributed by atoms with E-state index in [4.69, 9.17) is 0 Å². The Balaban J connectivity index is 2.21. The fourth-order valence-corrected chi connectivity index (χ4v) is 2.56. The Kier molecular flexibility index (Phi) is 4.15. The summed E-state index contributed by atoms with van der Waals surface area (Å²) in [5, 5.41) is 0. The topological polar surface area (TPSA) is 17.3 Å². The first kappa shape index (κ1) is 12.6. The second-order valence-corrected chi connectivity index (χ2v) is 4.96. The van der Waals surface area contributed by atoms with Crippen molar-refractivity contribution in [3.05, 3.63) is 34.4 Å². The Bertz CT molecular complexity index is 507. The van der Waals surface area contributed by atoms with Crippen LogP contribution in [0.1, 0.15) is 38.3 Å². The third-order valence-electron chi connectivity index (χ3n) is 2.92. The number of fused-ring (bicyclic) bond motifs is 1. The van der Waals surface area contributed by atoms with Crippen LogP contribution in [-0.2, 0) is 6.42 Å². The quantitative estimate of drug-likeness (QED) is 0.750. The fraction of sp³-hybridized carbons (Fsp3) is 0.462. The number of hydrogen-bond donors (Lipinski definition) is 0. The van der Waals surface area contributed by atoms with Crippen molar-refractivity contribution in [2.75, 3.05) is 0 Å². The fourth-order valence-electron chi connectivity index (χ4n) is 2.00. The molecule has 0 aliphatic rings. The van der Waals surface area contributed by atoms with Crippen LogP contribution in [0.15, 0.2) is 22.9 Å². The molecule has 2 heterocycles. The van der Waals surface area contributed by atoms with E-state index in [1.165, 1.54) is 25.3 Å². The van der Waals surface area contributed by atoms with Gasteiger partial charge in [0, 0.05) is 6.20 Å². The lowest BCUT2D eigenvalue weighted by atomic mass is 10.1. The molecule has 2 aromatic heterocycles. The van der Waals surface area contributed by atoms with Crippen LogP contribution in [0.25, 0.3) is 5.65 Å². The Hall–Kier alpha value is -0.900. The van der Waals surface area contributed by atoms with E-state index >= 15 is 0 Å². The highest BCUT2D eigenvalue weighted by Crippen LogP contribution is 2.22. The van der Waals surface area contributed by atoms with E-state index in [0.717, 1.165) is 23.1 Å². The first-order valence-corrected chi connectivity index (χ1v) is 6.84. The van der Waals surface area contributed by atoms with Gasteiger partial charge in [-0.1, -0.05) is 26.2 Å². The van der Waals surface area contributed by atoms with Crippen LogP contribution in [0.2, 0.25) is 0 Å². The van der Waals surface area contributed by atoms with Crippen LogP contribution < -0.4 is 0 Å². The molecule has 92 valence electrons. The minimum atomic E-state index is -0.270. The van der Waals surface area contributed by atoms with E-state index in [0.29, 0.717) is 5.65 Å². The van der Waals surface area contributed by atoms with Crippen LogP contribution in [-0.4, -0.2) is 9.38 Å². The van der Waals surface area contributed by atoms with Crippen LogP contribution in [0.5, 0.6) is 0 Å². The molecule has 2 nitrogen and oxygen atoms in total. The Morgan fingerprint density at radius 2 is 2.18 bits per heavy atom. The van der Waals surface area contributed by atoms with Crippen LogP contribution in [0.3, 0.4) is 0 Å². The molecule has 0 atom stereocenters. The van der Waals surface area contributed by atoms with E-state index in [2.05, 4.69) is 27.8 Å². The number of halogens is 2. The summed E-state index contributed by atoms with van der Waals surface area (Å²) in [7, 11) is 0. The number of hydrogen-bond acceptors (Lipinski definition) is 1. The maximum atomic E-state index is 13.5. The van der Waals surface area contributed by atoms with Crippen molar-refractivity contribution in [2.45, 2.75) is 39.0 Å². The van der Waals surface area contributed by atoms with Gasteiger partial charge in [0.1, 0.15) is 4.60 Å². The van der Waals surface area contributed by atoms with Gasteiger partial charge in [-0.25, -0.2) is 9.37 Å². The normalized spacial score (nSPS) is 11.2. The first-order valence-electron chi connectivity index (χ1n) is 6.05. The van der Waals surface area contributed by atoms with Gasteiger partial charge < -0.3 is 4.40 Å². The lowest BCUT2D eigenvalue weighted by molar-refractivity contribution is 0.627. The van der Waals surface area contributed by atoms with Crippen molar-refractivity contribution >= 4 is 21.6 Å². The van der Waals surface area contributed by atoms with Gasteiger partial charge in [-0.05, 0) is 40.9 Å². The first-order chi connectivity index (χ1) is 8.24. The molecule has 0 aliphatic heterocycles. The zero-order valence-corrected chi connectivity index (χ0v) is 11.5. The number of aryl methyl sites for hydroxylation is 1. The van der Waals surface area contributed by atoms with E-state index in [1.807, 2.05) is 10.6 Å². The molecule has 0 unspecified atom stereocenters. The molecule has 0 bridgehead atoms. The molecule has 17 heavy (non-hydrogen) atoms. The molecule has 2 aromatic rings. The highest BCUT2D eigenvalue weighted by Gasteiger charge is 2.11. The molecule has 0 aliphatic carbocycles. The molecular formula is C13H16BrFN2. The Morgan fingerprint density at radius 3 is 2.94 bits per heavy atom. The number of aromatic nitrogens is 2. The summed E-state index contributed by atoms with van der Waals surface area (Å²) in [5.74, 6) is -0.270. The van der Waals surface area contributed by atoms with Crippen LogP contribution >= 0.6 is 15.9 Å². The number of imidazole rings is 1. The zero-order chi connectivity index (χ0) is 12.3. The van der Waals surface area contributed by atoms with Gasteiger partial charge in [-0.2, -0.15) is 0 Å². The molecular weight excluding hydrogens is 283 g/mol. The number of nitrogens with zero attached hydrogens (tertiary/aromatic N) is 2. The second kappa shape index (κ2) is 5.63. The van der Waals surface area contributed by atoms with E-state index in [1.54, 1.807) is 6.07 Å². The largest absolute Gasteiger partial charge is 0.300 e. The second-order valence-electron chi connectivity index (χ2n) is 4.21. The summed E-state index contributed by atoms with van der Waals surface area (Å²) < 4.78 is 16.1. The van der Waals surface area contributed by atoms with Crippen molar-refractivity contribution < 1.29 is 4.39 Å². The highest BCUT2D eigenvalue weighted by molar-refractivity contribution is 9.10. The van der Waals surface area contributed by atoms with Gasteiger partial charge in [-0.15, -0.1) is 0 Å². The van der Waals surface area contributed by atoms with Gasteiger partial charge in [0.15, 0.2) is 11.5 Å². The third kappa shape index (κ3) is 2.68. The van der Waals surface area contributed by atoms with Gasteiger partial charge in [-0.3, -0.25) is 0 Å². The number of pyridine rings is 1. The summed E-state index contributed by atoms with van der Waals surface area (Å²) in [6.07, 6.45) is 7.62. The summed E-state index contributed by atoms with van der Waals surface area (Å²) >= 11 is 3.41. The lowest BCUT2D eigenvalue weighted by Gasteiger charge is -2.02. The molecule has 2 rings (SSSR count). The summed E-state index contributed by atoms with van der Waals surface area (Å²) in [4.78, 5) is 4.22. The van der Waals surface area contributed by atoms with Gasteiger partial charge >= 0.3 is 0 Å². The molecule has 4 heteroatoms. The Labute approximate surface area is 109 Å². The average Bonchev–Trinajstić information content (AvgIpc) is 2.63. The van der Waals surface area contributed by atoms with Crippen LogP contribution in [0.4, 0.5) is 4.39 Å². The van der Waals surface area contributed by atoms with E-state index in [-0.39, 0.29) is 5.82 Å². The predicted molar refractivity (Wildman–Crippen MR) is 70.7 cm³/mol. The van der Waals surface area contributed by atoms with Crippen molar-refractivity contribution in [1.82, 2.24) is 9.38 Å². The summed E-state index contributed by atoms with van der Waals surface area (Å²) in [6.45, 7) is 2.19. The third-order valence-corrected chi connectivity index (χ3v) is 3.55. The van der Waals surface area contributed by atoms with Crippen molar-refractivity contribution in [1.29, 1.82) is 0 Å². The van der Waals surface area contributed by atoms with Gasteiger partial charge in [0.2, 0.25) is 0 Å². The van der Waals surface area contributed by atoms with Gasteiger partial charge in [0.25, 0.3) is 0 Å². The van der Waals surface area contributed by atoms with Crippen LogP contribution in [0, 0.1) is 5.82 Å². The maximum Gasteiger partial charge on any atom is 0.174 e. The molecule has 0 radical (unpaired) electrons. The summed E-state index contributed by atoms with van der Waals surface area (Å²) in [5.41, 5.74) is 1.47.